The molecular formula is C12H16BrN3S. The van der Waals surface area contributed by atoms with Gasteiger partial charge in [-0.2, -0.15) is 5.10 Å². The Hall–Kier alpha value is -0.650. The second-order valence-corrected chi connectivity index (χ2v) is 6.96. The molecule has 0 atom stereocenters. The van der Waals surface area contributed by atoms with Crippen LogP contribution in [0.5, 0.6) is 0 Å². The van der Waals surface area contributed by atoms with Crippen LogP contribution in [-0.4, -0.2) is 16.2 Å². The minimum absolute atomic E-state index is 0.480. The third-order valence-corrected chi connectivity index (χ3v) is 4.13. The van der Waals surface area contributed by atoms with Gasteiger partial charge in [-0.15, -0.1) is 11.3 Å². The lowest BCUT2D eigenvalue weighted by Gasteiger charge is -2.08. The molecule has 0 aliphatic heterocycles. The van der Waals surface area contributed by atoms with Gasteiger partial charge in [0.15, 0.2) is 0 Å². The molecule has 0 saturated heterocycles. The number of aromatic amines is 1. The molecule has 0 aliphatic carbocycles. The largest absolute Gasteiger partial charge is 0.310 e. The highest BCUT2D eigenvalue weighted by Crippen LogP contribution is 2.34. The lowest BCUT2D eigenvalue weighted by Crippen LogP contribution is -2.21. The van der Waals surface area contributed by atoms with Gasteiger partial charge in [0.05, 0.1) is 15.7 Å². The number of thiophene rings is 1. The smallest absolute Gasteiger partial charge is 0.0708 e. The molecule has 2 aromatic heterocycles. The summed E-state index contributed by atoms with van der Waals surface area (Å²) in [4.78, 5) is 1.30. The lowest BCUT2D eigenvalue weighted by atomic mass is 10.1. The Morgan fingerprint density at radius 2 is 2.29 bits per heavy atom. The fourth-order valence-electron chi connectivity index (χ4n) is 1.69. The Labute approximate surface area is 114 Å². The summed E-state index contributed by atoms with van der Waals surface area (Å²) in [6.07, 6.45) is 1.90. The number of hydrogen-bond donors (Lipinski definition) is 2. The summed E-state index contributed by atoms with van der Waals surface area (Å²) in [5.74, 6) is 0. The number of rotatable bonds is 4. The third kappa shape index (κ3) is 2.97. The van der Waals surface area contributed by atoms with Crippen molar-refractivity contribution in [2.45, 2.75) is 33.4 Å². The Morgan fingerprint density at radius 1 is 1.53 bits per heavy atom. The average molecular weight is 314 g/mol. The van der Waals surface area contributed by atoms with E-state index in [1.165, 1.54) is 16.0 Å². The molecule has 0 spiro atoms. The van der Waals surface area contributed by atoms with Crippen molar-refractivity contribution in [2.75, 3.05) is 0 Å². The van der Waals surface area contributed by atoms with Crippen LogP contribution in [0.25, 0.3) is 11.3 Å². The van der Waals surface area contributed by atoms with E-state index in [2.05, 4.69) is 58.3 Å². The van der Waals surface area contributed by atoms with Crippen molar-refractivity contribution >= 4 is 27.3 Å². The number of aryl methyl sites for hydroxylation is 1. The van der Waals surface area contributed by atoms with E-state index in [1.807, 2.05) is 6.20 Å². The summed E-state index contributed by atoms with van der Waals surface area (Å²) in [6.45, 7) is 7.26. The first-order chi connectivity index (χ1) is 8.08. The molecule has 0 fully saturated rings. The maximum atomic E-state index is 4.15. The molecule has 5 heteroatoms. The first-order valence-electron chi connectivity index (χ1n) is 5.60. The van der Waals surface area contributed by atoms with E-state index in [0.29, 0.717) is 6.04 Å². The highest BCUT2D eigenvalue weighted by atomic mass is 79.9. The van der Waals surface area contributed by atoms with Crippen LogP contribution in [0, 0.1) is 6.92 Å². The quantitative estimate of drug-likeness (QED) is 0.903. The first kappa shape index (κ1) is 12.8. The predicted octanol–water partition coefficient (Wildman–Crippen LogP) is 3.71. The molecule has 2 aromatic rings. The first-order valence-corrected chi connectivity index (χ1v) is 7.21. The topological polar surface area (TPSA) is 40.7 Å². The Morgan fingerprint density at radius 3 is 2.88 bits per heavy atom. The summed E-state index contributed by atoms with van der Waals surface area (Å²) in [7, 11) is 0. The molecule has 0 aromatic carbocycles. The second kappa shape index (κ2) is 5.33. The van der Waals surface area contributed by atoms with Gasteiger partial charge in [-0.3, -0.25) is 5.10 Å². The van der Waals surface area contributed by atoms with Gasteiger partial charge in [0, 0.05) is 28.6 Å². The molecule has 2 heterocycles. The van der Waals surface area contributed by atoms with Crippen molar-refractivity contribution in [1.29, 1.82) is 0 Å². The zero-order valence-electron chi connectivity index (χ0n) is 10.2. The van der Waals surface area contributed by atoms with E-state index in [9.17, 15) is 0 Å². The van der Waals surface area contributed by atoms with Crippen LogP contribution in [0.2, 0.25) is 0 Å². The van der Waals surface area contributed by atoms with Crippen LogP contribution in [0.3, 0.4) is 0 Å². The normalized spacial score (nSPS) is 11.4. The van der Waals surface area contributed by atoms with Crippen LogP contribution < -0.4 is 5.32 Å². The maximum absolute atomic E-state index is 4.15. The minimum atomic E-state index is 0.480. The van der Waals surface area contributed by atoms with E-state index in [1.54, 1.807) is 11.3 Å². The van der Waals surface area contributed by atoms with E-state index >= 15 is 0 Å². The van der Waals surface area contributed by atoms with Crippen molar-refractivity contribution in [3.05, 3.63) is 26.5 Å². The second-order valence-electron chi connectivity index (χ2n) is 4.33. The van der Waals surface area contributed by atoms with E-state index < -0.39 is 0 Å². The van der Waals surface area contributed by atoms with E-state index in [-0.39, 0.29) is 0 Å². The number of hydrogen-bond acceptors (Lipinski definition) is 3. The zero-order chi connectivity index (χ0) is 12.4. The van der Waals surface area contributed by atoms with Crippen LogP contribution in [0.1, 0.15) is 24.3 Å². The number of H-pyrrole nitrogens is 1. The highest BCUT2D eigenvalue weighted by molar-refractivity contribution is 9.11. The molecule has 0 aliphatic rings. The van der Waals surface area contributed by atoms with Crippen LogP contribution in [0.4, 0.5) is 0 Å². The van der Waals surface area contributed by atoms with E-state index in [4.69, 9.17) is 0 Å². The molecular weight excluding hydrogens is 298 g/mol. The molecule has 0 saturated carbocycles. The van der Waals surface area contributed by atoms with Gasteiger partial charge in [-0.25, -0.2) is 0 Å². The molecule has 92 valence electrons. The van der Waals surface area contributed by atoms with Gasteiger partial charge in [0.25, 0.3) is 0 Å². The van der Waals surface area contributed by atoms with Gasteiger partial charge >= 0.3 is 0 Å². The SMILES string of the molecule is Cc1sc(Br)cc1-c1[nH]ncc1CNC(C)C. The maximum Gasteiger partial charge on any atom is 0.0708 e. The molecule has 2 N–H and O–H groups in total. The van der Waals surface area contributed by atoms with Gasteiger partial charge in [0.1, 0.15) is 0 Å². The molecule has 3 nitrogen and oxygen atoms in total. The highest BCUT2D eigenvalue weighted by Gasteiger charge is 2.12. The fraction of sp³-hybridized carbons (Fsp3) is 0.417. The fourth-order valence-corrected chi connectivity index (χ4v) is 3.38. The molecule has 0 bridgehead atoms. The number of aromatic nitrogens is 2. The molecule has 2 rings (SSSR count). The molecule has 0 unspecified atom stereocenters. The van der Waals surface area contributed by atoms with Crippen LogP contribution in [-0.2, 0) is 6.54 Å². The Bertz CT molecular complexity index is 502. The molecule has 17 heavy (non-hydrogen) atoms. The summed E-state index contributed by atoms with van der Waals surface area (Å²) < 4.78 is 1.15. The van der Waals surface area contributed by atoms with Gasteiger partial charge in [-0.05, 0) is 28.9 Å². The minimum Gasteiger partial charge on any atom is -0.310 e. The molecule has 0 radical (unpaired) electrons. The van der Waals surface area contributed by atoms with Crippen molar-refractivity contribution in [3.63, 3.8) is 0 Å². The monoisotopic (exact) mass is 313 g/mol. The summed E-state index contributed by atoms with van der Waals surface area (Å²) in [5.41, 5.74) is 3.57. The Kier molecular flexibility index (Phi) is 4.01. The Balaban J connectivity index is 2.27. The van der Waals surface area contributed by atoms with Crippen molar-refractivity contribution in [3.8, 4) is 11.3 Å². The number of nitrogens with one attached hydrogen (secondary N) is 2. The van der Waals surface area contributed by atoms with Gasteiger partial charge in [-0.1, -0.05) is 13.8 Å². The lowest BCUT2D eigenvalue weighted by molar-refractivity contribution is 0.589. The van der Waals surface area contributed by atoms with Crippen LogP contribution in [0.15, 0.2) is 16.0 Å². The average Bonchev–Trinajstić information content (AvgIpc) is 2.81. The summed E-state index contributed by atoms with van der Waals surface area (Å²) in [5, 5.41) is 10.7. The zero-order valence-corrected chi connectivity index (χ0v) is 12.6. The number of nitrogens with zero attached hydrogens (tertiary/aromatic N) is 1. The summed E-state index contributed by atoms with van der Waals surface area (Å²) in [6, 6.07) is 2.62. The van der Waals surface area contributed by atoms with Crippen LogP contribution >= 0.6 is 27.3 Å². The predicted molar refractivity (Wildman–Crippen MR) is 76.3 cm³/mol. The molecule has 0 amide bonds. The van der Waals surface area contributed by atoms with E-state index in [0.717, 1.165) is 16.0 Å². The standard InChI is InChI=1S/C12H16BrN3S/c1-7(2)14-5-9-6-15-16-12(9)10-4-11(13)17-8(10)3/h4,6-7,14H,5H2,1-3H3,(H,15,16). The van der Waals surface area contributed by atoms with Crippen molar-refractivity contribution in [1.82, 2.24) is 15.5 Å². The number of halogens is 1. The van der Waals surface area contributed by atoms with Gasteiger partial charge < -0.3 is 5.32 Å². The van der Waals surface area contributed by atoms with Gasteiger partial charge in [0.2, 0.25) is 0 Å². The summed E-state index contributed by atoms with van der Waals surface area (Å²) >= 11 is 5.27. The van der Waals surface area contributed by atoms with Crippen molar-refractivity contribution < 1.29 is 0 Å². The third-order valence-electron chi connectivity index (χ3n) is 2.58. The van der Waals surface area contributed by atoms with Crippen molar-refractivity contribution in [2.24, 2.45) is 0 Å².